The molecule has 3 N–H and O–H groups in total. The molecule has 0 bridgehead atoms. The molecule has 0 saturated carbocycles. The highest BCUT2D eigenvalue weighted by Gasteiger charge is 2.01. The van der Waals surface area contributed by atoms with Crippen LogP contribution in [0.25, 0.3) is 0 Å². The first-order valence-corrected chi connectivity index (χ1v) is 4.77. The van der Waals surface area contributed by atoms with Crippen LogP contribution in [0.5, 0.6) is 0 Å². The first-order valence-electron chi connectivity index (χ1n) is 4.77. The van der Waals surface area contributed by atoms with Gasteiger partial charge in [-0.15, -0.1) is 0 Å². The van der Waals surface area contributed by atoms with Crippen LogP contribution in [0.3, 0.4) is 0 Å². The molecule has 0 saturated heterocycles. The Morgan fingerprint density at radius 3 is 2.69 bits per heavy atom. The molecule has 0 atom stereocenters. The number of alkyl carbamates (subject to hydrolysis) is 1. The van der Waals surface area contributed by atoms with Gasteiger partial charge in [-0.05, 0) is 25.3 Å². The number of carbonyl (C=O) groups excluding carboxylic acids is 1. The van der Waals surface area contributed by atoms with E-state index < -0.39 is 0 Å². The molecule has 78 valence electrons. The van der Waals surface area contributed by atoms with E-state index in [1.165, 1.54) is 0 Å². The molecule has 0 aromatic carbocycles. The second kappa shape index (κ2) is 7.86. The topological polar surface area (TPSA) is 64.3 Å². The van der Waals surface area contributed by atoms with Crippen molar-refractivity contribution in [3.8, 4) is 0 Å². The fourth-order valence-electron chi connectivity index (χ4n) is 0.753. The Kier molecular flexibility index (Phi) is 7.39. The van der Waals surface area contributed by atoms with E-state index in [9.17, 15) is 4.79 Å². The van der Waals surface area contributed by atoms with E-state index in [0.29, 0.717) is 25.6 Å². The minimum atomic E-state index is -0.328. The lowest BCUT2D eigenvalue weighted by atomic mass is 10.2. The van der Waals surface area contributed by atoms with Crippen LogP contribution in [-0.4, -0.2) is 25.8 Å². The molecule has 0 aliphatic carbocycles. The molecule has 4 heteroatoms. The van der Waals surface area contributed by atoms with E-state index in [0.717, 1.165) is 12.8 Å². The van der Waals surface area contributed by atoms with Gasteiger partial charge in [-0.2, -0.15) is 0 Å². The van der Waals surface area contributed by atoms with E-state index in [-0.39, 0.29) is 6.09 Å². The molecule has 0 rings (SSSR count). The lowest BCUT2D eigenvalue weighted by molar-refractivity contribution is 0.133. The SMILES string of the molecule is CC(C)COC(=O)NCCCCN. The van der Waals surface area contributed by atoms with Crippen molar-refractivity contribution in [1.82, 2.24) is 5.32 Å². The van der Waals surface area contributed by atoms with Gasteiger partial charge >= 0.3 is 6.09 Å². The van der Waals surface area contributed by atoms with E-state index in [2.05, 4.69) is 5.32 Å². The van der Waals surface area contributed by atoms with Crippen molar-refractivity contribution < 1.29 is 9.53 Å². The van der Waals surface area contributed by atoms with Crippen LogP contribution in [0.2, 0.25) is 0 Å². The quantitative estimate of drug-likeness (QED) is 0.614. The monoisotopic (exact) mass is 188 g/mol. The lowest BCUT2D eigenvalue weighted by Crippen LogP contribution is -2.26. The molecule has 0 heterocycles. The molecule has 13 heavy (non-hydrogen) atoms. The molecule has 0 aromatic heterocycles. The van der Waals surface area contributed by atoms with E-state index in [1.807, 2.05) is 13.8 Å². The van der Waals surface area contributed by atoms with Crippen molar-refractivity contribution in [1.29, 1.82) is 0 Å². The molecule has 1 amide bonds. The molecular weight excluding hydrogens is 168 g/mol. The molecule has 4 nitrogen and oxygen atoms in total. The van der Waals surface area contributed by atoms with Gasteiger partial charge in [0.05, 0.1) is 6.61 Å². The fraction of sp³-hybridized carbons (Fsp3) is 0.889. The zero-order valence-corrected chi connectivity index (χ0v) is 8.51. The average Bonchev–Trinajstić information content (AvgIpc) is 2.09. The predicted molar refractivity (Wildman–Crippen MR) is 52.5 cm³/mol. The third kappa shape index (κ3) is 9.14. The van der Waals surface area contributed by atoms with Gasteiger partial charge in [0.2, 0.25) is 0 Å². The average molecular weight is 188 g/mol. The Labute approximate surface area is 79.8 Å². The van der Waals surface area contributed by atoms with Gasteiger partial charge in [0.25, 0.3) is 0 Å². The maximum absolute atomic E-state index is 10.9. The standard InChI is InChI=1S/C9H20N2O2/c1-8(2)7-13-9(12)11-6-4-3-5-10/h8H,3-7,10H2,1-2H3,(H,11,12). The van der Waals surface area contributed by atoms with E-state index >= 15 is 0 Å². The summed E-state index contributed by atoms with van der Waals surface area (Å²) < 4.78 is 4.90. The normalized spacial score (nSPS) is 10.2. The fourth-order valence-corrected chi connectivity index (χ4v) is 0.753. The summed E-state index contributed by atoms with van der Waals surface area (Å²) in [5, 5.41) is 2.66. The first kappa shape index (κ1) is 12.2. The number of nitrogens with one attached hydrogen (secondary N) is 1. The molecule has 0 unspecified atom stereocenters. The number of hydrogen-bond donors (Lipinski definition) is 2. The van der Waals surface area contributed by atoms with Gasteiger partial charge in [-0.25, -0.2) is 4.79 Å². The molecule has 0 fully saturated rings. The van der Waals surface area contributed by atoms with Gasteiger partial charge in [-0.1, -0.05) is 13.8 Å². The number of nitrogens with two attached hydrogens (primary N) is 1. The van der Waals surface area contributed by atoms with Crippen molar-refractivity contribution in [2.24, 2.45) is 11.7 Å². The van der Waals surface area contributed by atoms with Crippen LogP contribution in [0, 0.1) is 5.92 Å². The summed E-state index contributed by atoms with van der Waals surface area (Å²) in [4.78, 5) is 10.9. The van der Waals surface area contributed by atoms with Gasteiger partial charge in [-0.3, -0.25) is 0 Å². The van der Waals surface area contributed by atoms with Crippen LogP contribution < -0.4 is 11.1 Å². The molecule has 0 aliphatic heterocycles. The van der Waals surface area contributed by atoms with Gasteiger partial charge in [0.1, 0.15) is 0 Å². The van der Waals surface area contributed by atoms with E-state index in [1.54, 1.807) is 0 Å². The number of ether oxygens (including phenoxy) is 1. The minimum Gasteiger partial charge on any atom is -0.449 e. The second-order valence-electron chi connectivity index (χ2n) is 3.41. The second-order valence-corrected chi connectivity index (χ2v) is 3.41. The zero-order valence-electron chi connectivity index (χ0n) is 8.51. The van der Waals surface area contributed by atoms with Crippen LogP contribution in [-0.2, 0) is 4.74 Å². The third-order valence-corrected chi connectivity index (χ3v) is 1.45. The van der Waals surface area contributed by atoms with Crippen molar-refractivity contribution in [2.75, 3.05) is 19.7 Å². The highest BCUT2D eigenvalue weighted by atomic mass is 16.5. The smallest absolute Gasteiger partial charge is 0.407 e. The van der Waals surface area contributed by atoms with Crippen LogP contribution in [0.1, 0.15) is 26.7 Å². The maximum Gasteiger partial charge on any atom is 0.407 e. The highest BCUT2D eigenvalue weighted by molar-refractivity contribution is 5.66. The number of carbonyl (C=O) groups is 1. The Balaban J connectivity index is 3.20. The number of rotatable bonds is 6. The Morgan fingerprint density at radius 2 is 2.15 bits per heavy atom. The largest absolute Gasteiger partial charge is 0.449 e. The van der Waals surface area contributed by atoms with Crippen molar-refractivity contribution >= 4 is 6.09 Å². The van der Waals surface area contributed by atoms with Crippen molar-refractivity contribution in [2.45, 2.75) is 26.7 Å². The van der Waals surface area contributed by atoms with Crippen LogP contribution in [0.4, 0.5) is 4.79 Å². The van der Waals surface area contributed by atoms with Crippen molar-refractivity contribution in [3.05, 3.63) is 0 Å². The molecule has 0 radical (unpaired) electrons. The Morgan fingerprint density at radius 1 is 1.46 bits per heavy atom. The summed E-state index contributed by atoms with van der Waals surface area (Å²) in [6.07, 6.45) is 1.52. The van der Waals surface area contributed by atoms with Gasteiger partial charge in [0, 0.05) is 6.54 Å². The van der Waals surface area contributed by atoms with Gasteiger partial charge in [0.15, 0.2) is 0 Å². The first-order chi connectivity index (χ1) is 6.16. The summed E-state index contributed by atoms with van der Waals surface area (Å²) in [6.45, 7) is 5.79. The lowest BCUT2D eigenvalue weighted by Gasteiger charge is -2.08. The Bertz CT molecular complexity index is 138. The summed E-state index contributed by atoms with van der Waals surface area (Å²) in [5.41, 5.74) is 5.30. The summed E-state index contributed by atoms with van der Waals surface area (Å²) in [5.74, 6) is 0.384. The van der Waals surface area contributed by atoms with Crippen molar-refractivity contribution in [3.63, 3.8) is 0 Å². The van der Waals surface area contributed by atoms with Crippen LogP contribution >= 0.6 is 0 Å². The zero-order chi connectivity index (χ0) is 10.1. The summed E-state index contributed by atoms with van der Waals surface area (Å²) in [6, 6.07) is 0. The maximum atomic E-state index is 10.9. The summed E-state index contributed by atoms with van der Waals surface area (Å²) >= 11 is 0. The third-order valence-electron chi connectivity index (χ3n) is 1.45. The van der Waals surface area contributed by atoms with E-state index in [4.69, 9.17) is 10.5 Å². The summed E-state index contributed by atoms with van der Waals surface area (Å²) in [7, 11) is 0. The molecule has 0 spiro atoms. The van der Waals surface area contributed by atoms with Crippen LogP contribution in [0.15, 0.2) is 0 Å². The number of hydrogen-bond acceptors (Lipinski definition) is 3. The molecular formula is C9H20N2O2. The minimum absolute atomic E-state index is 0.328. The number of unbranched alkanes of at least 4 members (excludes halogenated alkanes) is 1. The molecule has 0 aromatic rings. The molecule has 0 aliphatic rings. The van der Waals surface area contributed by atoms with Gasteiger partial charge < -0.3 is 15.8 Å². The Hall–Kier alpha value is -0.770. The number of amides is 1. The predicted octanol–water partition coefficient (Wildman–Crippen LogP) is 1.11. The highest BCUT2D eigenvalue weighted by Crippen LogP contribution is 1.92.